The van der Waals surface area contributed by atoms with E-state index in [1.165, 1.54) is 44.1 Å². The van der Waals surface area contributed by atoms with Gasteiger partial charge in [-0.05, 0) is 83.0 Å². The van der Waals surface area contributed by atoms with Crippen LogP contribution in [0, 0.1) is 23.7 Å². The normalized spacial score (nSPS) is 40.8. The van der Waals surface area contributed by atoms with Crippen LogP contribution in [0.5, 0.6) is 0 Å². The Morgan fingerprint density at radius 2 is 1.85 bits per heavy atom. The van der Waals surface area contributed by atoms with E-state index in [9.17, 15) is 0 Å². The maximum Gasteiger partial charge on any atom is -0.0134 e. The minimum atomic E-state index is 0.717. The van der Waals surface area contributed by atoms with Crippen molar-refractivity contribution < 1.29 is 0 Å². The molecule has 1 fully saturated rings. The summed E-state index contributed by atoms with van der Waals surface area (Å²) in [6.07, 6.45) is 12.9. The molecule has 0 aromatic carbocycles. The molecule has 0 bridgehead atoms. The van der Waals surface area contributed by atoms with Gasteiger partial charge >= 0.3 is 0 Å². The van der Waals surface area contributed by atoms with Crippen molar-refractivity contribution in [3.63, 3.8) is 0 Å². The Labute approximate surface area is 126 Å². The van der Waals surface area contributed by atoms with Crippen molar-refractivity contribution in [2.75, 3.05) is 0 Å². The number of hydrogen-bond acceptors (Lipinski definition) is 0. The first kappa shape index (κ1) is 15.6. The molecule has 112 valence electrons. The van der Waals surface area contributed by atoms with Gasteiger partial charge in [0.1, 0.15) is 0 Å². The molecule has 0 saturated heterocycles. The molecule has 0 unspecified atom stereocenters. The Hall–Kier alpha value is -0.780. The van der Waals surface area contributed by atoms with Crippen molar-refractivity contribution in [2.45, 2.75) is 66.2 Å². The van der Waals surface area contributed by atoms with Crippen molar-refractivity contribution >= 4 is 0 Å². The maximum absolute atomic E-state index is 4.29. The molecule has 0 aliphatic heterocycles. The van der Waals surface area contributed by atoms with Crippen LogP contribution >= 0.6 is 0 Å². The molecule has 2 aliphatic carbocycles. The summed E-state index contributed by atoms with van der Waals surface area (Å²) in [6.45, 7) is 13.7. The van der Waals surface area contributed by atoms with E-state index in [1.807, 2.05) is 0 Å². The Kier molecular flexibility index (Phi) is 5.29. The van der Waals surface area contributed by atoms with Crippen molar-refractivity contribution in [1.82, 2.24) is 0 Å². The van der Waals surface area contributed by atoms with Crippen LogP contribution < -0.4 is 0 Å². The Morgan fingerprint density at radius 3 is 2.55 bits per heavy atom. The van der Waals surface area contributed by atoms with Gasteiger partial charge in [-0.3, -0.25) is 0 Å². The topological polar surface area (TPSA) is 0 Å². The molecule has 2 rings (SSSR count). The average Bonchev–Trinajstić information content (AvgIpc) is 2.37. The van der Waals surface area contributed by atoms with Crippen LogP contribution in [0.4, 0.5) is 0 Å². The van der Waals surface area contributed by atoms with Gasteiger partial charge in [0.2, 0.25) is 0 Å². The molecule has 0 aromatic heterocycles. The second kappa shape index (κ2) is 6.78. The van der Waals surface area contributed by atoms with Gasteiger partial charge < -0.3 is 0 Å². The van der Waals surface area contributed by atoms with Crippen LogP contribution in [-0.2, 0) is 0 Å². The Bertz CT molecular complexity index is 410. The fourth-order valence-electron chi connectivity index (χ4n) is 4.27. The first-order chi connectivity index (χ1) is 9.49. The van der Waals surface area contributed by atoms with Crippen molar-refractivity contribution in [3.8, 4) is 0 Å². The summed E-state index contributed by atoms with van der Waals surface area (Å²) in [6, 6.07) is 0. The van der Waals surface area contributed by atoms with Crippen molar-refractivity contribution in [2.24, 2.45) is 23.7 Å². The summed E-state index contributed by atoms with van der Waals surface area (Å²) >= 11 is 0. The summed E-state index contributed by atoms with van der Waals surface area (Å²) in [4.78, 5) is 0. The summed E-state index contributed by atoms with van der Waals surface area (Å²) in [5, 5.41) is 0. The SMILES string of the molecule is C=C(C)[C@@H]1CC[C@H](C)[C@H]2CC/C(C)=C/CC/C(C)=C/[C@@H]21. The minimum Gasteiger partial charge on any atom is -0.0998 e. The van der Waals surface area contributed by atoms with E-state index in [-0.39, 0.29) is 0 Å². The fraction of sp³-hybridized carbons (Fsp3) is 0.700. The highest BCUT2D eigenvalue weighted by molar-refractivity contribution is 5.14. The quantitative estimate of drug-likeness (QED) is 0.491. The monoisotopic (exact) mass is 272 g/mol. The maximum atomic E-state index is 4.29. The molecule has 20 heavy (non-hydrogen) atoms. The van der Waals surface area contributed by atoms with E-state index in [0.29, 0.717) is 0 Å². The van der Waals surface area contributed by atoms with E-state index < -0.39 is 0 Å². The molecular weight excluding hydrogens is 240 g/mol. The molecular formula is C20H32. The third kappa shape index (κ3) is 3.65. The zero-order valence-corrected chi connectivity index (χ0v) is 13.9. The summed E-state index contributed by atoms with van der Waals surface area (Å²) in [5.41, 5.74) is 4.59. The Balaban J connectivity index is 2.29. The minimum absolute atomic E-state index is 0.717. The highest BCUT2D eigenvalue weighted by Gasteiger charge is 2.36. The molecule has 0 aromatic rings. The summed E-state index contributed by atoms with van der Waals surface area (Å²) in [7, 11) is 0. The fourth-order valence-corrected chi connectivity index (χ4v) is 4.27. The van der Waals surface area contributed by atoms with Gasteiger partial charge in [0.05, 0.1) is 0 Å². The second-order valence-electron chi connectivity index (χ2n) is 7.39. The second-order valence-corrected chi connectivity index (χ2v) is 7.39. The largest absolute Gasteiger partial charge is 0.0998 e. The van der Waals surface area contributed by atoms with Crippen LogP contribution in [-0.4, -0.2) is 0 Å². The van der Waals surface area contributed by atoms with E-state index in [4.69, 9.17) is 0 Å². The molecule has 0 heteroatoms. The van der Waals surface area contributed by atoms with Crippen LogP contribution in [0.25, 0.3) is 0 Å². The number of allylic oxidation sites excluding steroid dienone is 5. The van der Waals surface area contributed by atoms with E-state index in [2.05, 4.69) is 46.4 Å². The van der Waals surface area contributed by atoms with Gasteiger partial charge in [-0.2, -0.15) is 0 Å². The molecule has 0 radical (unpaired) electrons. The summed E-state index contributed by atoms with van der Waals surface area (Å²) in [5.74, 6) is 3.17. The smallest absolute Gasteiger partial charge is 0.0134 e. The molecule has 4 atom stereocenters. The Morgan fingerprint density at radius 1 is 1.10 bits per heavy atom. The van der Waals surface area contributed by atoms with E-state index >= 15 is 0 Å². The lowest BCUT2D eigenvalue weighted by atomic mass is 9.63. The standard InChI is InChI=1S/C20H32/c1-14(2)18-12-10-17(5)19-11-9-15(3)7-6-8-16(4)13-20(18)19/h7,13,17-20H,1,6,8-12H2,2-5H3/b15-7+,16-13+/t17-,18-,19+,20+/m0/s1. The summed E-state index contributed by atoms with van der Waals surface area (Å²) < 4.78 is 0. The molecule has 0 N–H and O–H groups in total. The van der Waals surface area contributed by atoms with Gasteiger partial charge in [0.25, 0.3) is 0 Å². The average molecular weight is 272 g/mol. The van der Waals surface area contributed by atoms with Crippen LogP contribution in [0.1, 0.15) is 66.2 Å². The first-order valence-corrected chi connectivity index (χ1v) is 8.47. The third-order valence-electron chi connectivity index (χ3n) is 5.64. The van der Waals surface area contributed by atoms with Crippen LogP contribution in [0.3, 0.4) is 0 Å². The predicted molar refractivity (Wildman–Crippen MR) is 89.7 cm³/mol. The zero-order valence-electron chi connectivity index (χ0n) is 13.9. The predicted octanol–water partition coefficient (Wildman–Crippen LogP) is 6.31. The molecule has 2 aliphatic rings. The number of hydrogen-bond donors (Lipinski definition) is 0. The lowest BCUT2D eigenvalue weighted by Gasteiger charge is -2.42. The van der Waals surface area contributed by atoms with Gasteiger partial charge in [0, 0.05) is 0 Å². The first-order valence-electron chi connectivity index (χ1n) is 8.47. The molecule has 0 spiro atoms. The zero-order chi connectivity index (χ0) is 14.7. The van der Waals surface area contributed by atoms with Crippen LogP contribution in [0.2, 0.25) is 0 Å². The number of fused-ring (bicyclic) bond motifs is 1. The highest BCUT2D eigenvalue weighted by atomic mass is 14.4. The van der Waals surface area contributed by atoms with Gasteiger partial charge in [-0.25, -0.2) is 0 Å². The van der Waals surface area contributed by atoms with Crippen molar-refractivity contribution in [3.05, 3.63) is 35.5 Å². The van der Waals surface area contributed by atoms with Gasteiger partial charge in [-0.1, -0.05) is 42.4 Å². The third-order valence-corrected chi connectivity index (χ3v) is 5.64. The molecule has 0 heterocycles. The highest BCUT2D eigenvalue weighted by Crippen LogP contribution is 2.45. The van der Waals surface area contributed by atoms with Gasteiger partial charge in [0.15, 0.2) is 0 Å². The number of rotatable bonds is 1. The van der Waals surface area contributed by atoms with E-state index in [1.54, 1.807) is 11.1 Å². The lowest BCUT2D eigenvalue weighted by molar-refractivity contribution is 0.143. The molecule has 0 amide bonds. The molecule has 0 nitrogen and oxygen atoms in total. The lowest BCUT2D eigenvalue weighted by Crippen LogP contribution is -2.33. The van der Waals surface area contributed by atoms with Crippen LogP contribution in [0.15, 0.2) is 35.5 Å². The van der Waals surface area contributed by atoms with Gasteiger partial charge in [-0.15, -0.1) is 0 Å². The van der Waals surface area contributed by atoms with Crippen molar-refractivity contribution in [1.29, 1.82) is 0 Å². The van der Waals surface area contributed by atoms with E-state index in [0.717, 1.165) is 23.7 Å². The molecule has 1 saturated carbocycles.